The molecule has 63 heavy (non-hydrogen) atoms. The zero-order chi connectivity index (χ0) is 44.6. The van der Waals surface area contributed by atoms with Gasteiger partial charge >= 0.3 is 6.01 Å². The van der Waals surface area contributed by atoms with E-state index in [-0.39, 0.29) is 31.0 Å². The van der Waals surface area contributed by atoms with E-state index in [0.717, 1.165) is 50.0 Å². The number of hydrogen-bond acceptors (Lipinski definition) is 10. The summed E-state index contributed by atoms with van der Waals surface area (Å²) in [7, 11) is 0.915. The number of halogens is 2. The van der Waals surface area contributed by atoms with Crippen molar-refractivity contribution < 1.29 is 32.8 Å². The Morgan fingerprint density at radius 3 is 2.35 bits per heavy atom. The third kappa shape index (κ3) is 8.68. The molecular formula is C49H61F2N5O5SSi-. The van der Waals surface area contributed by atoms with Crippen molar-refractivity contribution in [1.29, 1.82) is 0 Å². The number of fused-ring (bicyclic) bond motifs is 3. The molecular weight excluding hydrogens is 837 g/mol. The molecule has 5 aromatic rings. The quantitative estimate of drug-likeness (QED) is 0.0338. The number of thioether (sulfide) groups is 1. The highest BCUT2D eigenvalue weighted by Gasteiger charge is 2.49. The molecule has 337 valence electrons. The molecule has 3 aromatic carbocycles. The van der Waals surface area contributed by atoms with Crippen molar-refractivity contribution in [1.82, 2.24) is 24.4 Å². The molecule has 0 bridgehead atoms. The lowest BCUT2D eigenvalue weighted by Gasteiger charge is -2.50. The van der Waals surface area contributed by atoms with E-state index in [2.05, 4.69) is 62.5 Å². The fourth-order valence-corrected chi connectivity index (χ4v) is 16.8. The van der Waals surface area contributed by atoms with E-state index in [0.29, 0.717) is 79.4 Å². The molecule has 2 aliphatic heterocycles. The normalized spacial score (nSPS) is 19.8. The largest absolute Gasteiger partial charge is 0.497 e. The average molecular weight is 898 g/mol. The van der Waals surface area contributed by atoms with Crippen molar-refractivity contribution in [2.75, 3.05) is 40.7 Å². The van der Waals surface area contributed by atoms with Gasteiger partial charge in [0.1, 0.15) is 52.6 Å². The molecule has 1 unspecified atom stereocenters. The van der Waals surface area contributed by atoms with Gasteiger partial charge in [-0.1, -0.05) is 79.6 Å². The Bertz CT molecular complexity index is 2480. The number of imidazole rings is 1. The number of benzene rings is 3. The van der Waals surface area contributed by atoms with Crippen LogP contribution in [0.5, 0.6) is 17.5 Å². The van der Waals surface area contributed by atoms with Gasteiger partial charge in [-0.15, -0.1) is 22.5 Å². The molecule has 8 rings (SSSR count). The van der Waals surface area contributed by atoms with Gasteiger partial charge in [-0.3, -0.25) is 10.4 Å². The minimum absolute atomic E-state index is 0.0149. The van der Waals surface area contributed by atoms with Gasteiger partial charge in [0.25, 0.3) is 0 Å². The summed E-state index contributed by atoms with van der Waals surface area (Å²) in [5.41, 5.74) is 7.18. The van der Waals surface area contributed by atoms with Gasteiger partial charge < -0.3 is 28.6 Å². The molecule has 2 saturated heterocycles. The molecule has 14 heteroatoms. The third-order valence-electron chi connectivity index (χ3n) is 14.0. The van der Waals surface area contributed by atoms with Crippen LogP contribution >= 0.6 is 11.8 Å². The van der Waals surface area contributed by atoms with Crippen molar-refractivity contribution in [3.63, 3.8) is 0 Å². The monoisotopic (exact) mass is 897 g/mol. The second kappa shape index (κ2) is 18.7. The maximum Gasteiger partial charge on any atom is 0.319 e. The van der Waals surface area contributed by atoms with Crippen LogP contribution in [-0.4, -0.2) is 90.0 Å². The molecule has 1 N–H and O–H groups in total. The summed E-state index contributed by atoms with van der Waals surface area (Å²) in [6.45, 7) is 14.9. The lowest BCUT2D eigenvalue weighted by atomic mass is 9.91. The van der Waals surface area contributed by atoms with Gasteiger partial charge in [-0.05, 0) is 79.9 Å². The van der Waals surface area contributed by atoms with Crippen molar-refractivity contribution >= 4 is 41.8 Å². The van der Waals surface area contributed by atoms with Crippen LogP contribution < -0.4 is 14.2 Å². The first-order valence-corrected chi connectivity index (χ1v) is 25.7. The van der Waals surface area contributed by atoms with E-state index in [1.54, 1.807) is 38.1 Å². The van der Waals surface area contributed by atoms with Crippen LogP contribution in [0.1, 0.15) is 115 Å². The number of ether oxygens (including phenoxy) is 4. The Morgan fingerprint density at radius 2 is 1.68 bits per heavy atom. The second-order valence-corrected chi connectivity index (χ2v) is 25.1. The molecule has 3 fully saturated rings. The predicted molar refractivity (Wildman–Crippen MR) is 248 cm³/mol. The highest BCUT2D eigenvalue weighted by atomic mass is 32.2. The van der Waals surface area contributed by atoms with Gasteiger partial charge in [0.05, 0.1) is 18.2 Å². The van der Waals surface area contributed by atoms with Crippen molar-refractivity contribution in [3.05, 3.63) is 76.9 Å². The fraction of sp³-hybridized carbons (Fsp3) is 0.531. The number of hydrogen-bond donors (Lipinski definition) is 1. The second-order valence-electron chi connectivity index (χ2n) is 18.5. The minimum atomic E-state index is -2.28. The number of methoxy groups -OCH3 is 2. The molecule has 0 spiro atoms. The third-order valence-corrected chi connectivity index (χ3v) is 21.3. The maximum absolute atomic E-state index is 16.4. The average Bonchev–Trinajstić information content (AvgIpc) is 3.90. The predicted octanol–water partition coefficient (Wildman–Crippen LogP) is 10.7. The summed E-state index contributed by atoms with van der Waals surface area (Å²) in [6.07, 6.45) is 2.81. The topological polar surface area (TPSA) is 104 Å². The standard InChI is InChI=1S/C49H61F2N5O5SSi/c1-30(2)63(31(3)4,32(5)6)22-19-39-41(51)18-15-34-23-38(61-29-58-7)24-40(42(34)39)44(57)46-52-45-43(56(46)36-11-9-12-36)47(62-27-33-13-16-37(59-8)17-14-33)54-48(53-45)60-28-49-20-10-21-55(49)26-35(50)25-49/h13-18,23-24,30-32,35-36,44,57H,9-12,20-21,25-29H2,1-8H3/q-1/t35-,44?,49+/m1/s1. The van der Waals surface area contributed by atoms with E-state index < -0.39 is 31.7 Å². The van der Waals surface area contributed by atoms with Gasteiger partial charge in [0, 0.05) is 42.8 Å². The Hall–Kier alpha value is -4.26. The highest BCUT2D eigenvalue weighted by Crippen LogP contribution is 2.45. The van der Waals surface area contributed by atoms with Gasteiger partial charge in [-0.2, -0.15) is 9.97 Å². The van der Waals surface area contributed by atoms with Gasteiger partial charge in [-0.25, -0.2) is 13.8 Å². The van der Waals surface area contributed by atoms with E-state index in [9.17, 15) is 9.50 Å². The molecule has 10 nitrogen and oxygen atoms in total. The van der Waals surface area contributed by atoms with Crippen molar-refractivity contribution in [3.8, 4) is 29.0 Å². The molecule has 2 aromatic heterocycles. The fourth-order valence-electron chi connectivity index (χ4n) is 10.6. The number of alkyl halides is 1. The lowest BCUT2D eigenvalue weighted by molar-refractivity contribution is 0.0510. The van der Waals surface area contributed by atoms with Crippen molar-refractivity contribution in [2.24, 2.45) is 0 Å². The summed E-state index contributed by atoms with van der Waals surface area (Å²) < 4.78 is 56.5. The van der Waals surface area contributed by atoms with E-state index in [4.69, 9.17) is 33.9 Å². The Kier molecular flexibility index (Phi) is 13.4. The molecule has 0 radical (unpaired) electrons. The first kappa shape index (κ1) is 45.3. The molecule has 1 saturated carbocycles. The first-order chi connectivity index (χ1) is 30.3. The van der Waals surface area contributed by atoms with Crippen LogP contribution in [-0.2, 0) is 10.5 Å². The summed E-state index contributed by atoms with van der Waals surface area (Å²) in [5.74, 6) is 5.14. The minimum Gasteiger partial charge on any atom is -0.497 e. The van der Waals surface area contributed by atoms with Crippen molar-refractivity contribution in [2.45, 2.75) is 131 Å². The SMILES string of the molecule is COCOc1cc(C(O)c2nc3nc(OC[C@@]45CCCN4C[C@H](F)C5)nc(SCc4ccc(OC)cc4)c3n2C2CCC2)c2c(C#C[Si-](C(C)C)(C(C)C)C(C)C)c(F)ccc2c1. The maximum atomic E-state index is 16.4. The summed E-state index contributed by atoms with van der Waals surface area (Å²) in [4.78, 5) is 17.3. The number of aromatic nitrogens is 4. The summed E-state index contributed by atoms with van der Waals surface area (Å²) >= 11 is 1.55. The van der Waals surface area contributed by atoms with Crippen LogP contribution in [0.3, 0.4) is 0 Å². The van der Waals surface area contributed by atoms with Crippen LogP contribution in [0, 0.1) is 17.3 Å². The number of aliphatic hydroxyl groups excluding tert-OH is 1. The zero-order valence-electron chi connectivity index (χ0n) is 37.8. The number of aliphatic hydroxyl groups is 1. The lowest BCUT2D eigenvalue weighted by Crippen LogP contribution is -2.43. The molecule has 3 atom stereocenters. The molecule has 0 amide bonds. The Balaban J connectivity index is 1.29. The Morgan fingerprint density at radius 1 is 0.937 bits per heavy atom. The van der Waals surface area contributed by atoms with Crippen LogP contribution in [0.15, 0.2) is 53.6 Å². The van der Waals surface area contributed by atoms with E-state index in [1.165, 1.54) is 6.07 Å². The van der Waals surface area contributed by atoms with E-state index in [1.807, 2.05) is 30.3 Å². The van der Waals surface area contributed by atoms with Crippen LogP contribution in [0.2, 0.25) is 16.6 Å². The van der Waals surface area contributed by atoms with Gasteiger partial charge in [0.15, 0.2) is 12.4 Å². The van der Waals surface area contributed by atoms with E-state index >= 15 is 4.39 Å². The van der Waals surface area contributed by atoms with Gasteiger partial charge in [0.2, 0.25) is 0 Å². The number of rotatable bonds is 16. The number of nitrogens with zero attached hydrogens (tertiary/aromatic N) is 5. The molecule has 3 aliphatic rings. The Labute approximate surface area is 375 Å². The zero-order valence-corrected chi connectivity index (χ0v) is 39.7. The summed E-state index contributed by atoms with van der Waals surface area (Å²) in [5, 5.41) is 14.8. The highest BCUT2D eigenvalue weighted by molar-refractivity contribution is 7.98. The molecule has 4 heterocycles. The molecule has 1 aliphatic carbocycles. The van der Waals surface area contributed by atoms with Crippen LogP contribution in [0.4, 0.5) is 8.78 Å². The summed E-state index contributed by atoms with van der Waals surface area (Å²) in [6, 6.07) is 14.9. The first-order valence-electron chi connectivity index (χ1n) is 22.4. The smallest absolute Gasteiger partial charge is 0.319 e. The van der Waals surface area contributed by atoms with Crippen LogP contribution in [0.25, 0.3) is 21.9 Å².